The van der Waals surface area contributed by atoms with Crippen molar-refractivity contribution in [3.8, 4) is 0 Å². The highest BCUT2D eigenvalue weighted by Crippen LogP contribution is 2.44. The zero-order valence-corrected chi connectivity index (χ0v) is 25.7. The number of hydroxylamine groups is 1. The van der Waals surface area contributed by atoms with Crippen molar-refractivity contribution in [3.05, 3.63) is 0 Å². The standard InChI is InChI=1S/C34H56N2O6/c37-32(31-20-25(12-18-30(31)34(40)41)23-9-5-2-6-10-23)35-27-13-15-28(16-14-27)36-42-21-26-19-24(11-17-29(26)33(38)39)22-7-3-1-4-8-22/h22-31,36H,1-21H2,(H,35,37)(H,38,39)(H,40,41). The molecule has 5 saturated carbocycles. The number of carbonyl (C=O) groups is 3. The van der Waals surface area contributed by atoms with Gasteiger partial charge in [0.2, 0.25) is 5.91 Å². The summed E-state index contributed by atoms with van der Waals surface area (Å²) in [5.41, 5.74) is 3.24. The van der Waals surface area contributed by atoms with Crippen molar-refractivity contribution in [3.63, 3.8) is 0 Å². The van der Waals surface area contributed by atoms with Crippen molar-refractivity contribution >= 4 is 17.8 Å². The summed E-state index contributed by atoms with van der Waals surface area (Å²) in [5.74, 6) is -0.277. The Morgan fingerprint density at radius 3 is 1.64 bits per heavy atom. The van der Waals surface area contributed by atoms with Gasteiger partial charge in [0.15, 0.2) is 0 Å². The molecule has 1 amide bonds. The fourth-order valence-corrected chi connectivity index (χ4v) is 9.60. The molecule has 0 spiro atoms. The predicted molar refractivity (Wildman–Crippen MR) is 160 cm³/mol. The molecule has 5 aliphatic carbocycles. The average Bonchev–Trinajstić information content (AvgIpc) is 3.02. The van der Waals surface area contributed by atoms with Gasteiger partial charge in [0.25, 0.3) is 0 Å². The average molecular weight is 589 g/mol. The van der Waals surface area contributed by atoms with Crippen molar-refractivity contribution < 1.29 is 29.4 Å². The SMILES string of the molecule is O=C(O)C1CCC(C2CCCCC2)CC1CONC1CCC(NC(=O)C2CC(C3CCCCC3)CCC2C(=O)O)CC1. The number of carboxylic acids is 2. The number of carboxylic acid groups (broad SMARTS) is 2. The van der Waals surface area contributed by atoms with Gasteiger partial charge in [-0.1, -0.05) is 64.2 Å². The third-order valence-corrected chi connectivity index (χ3v) is 12.1. The smallest absolute Gasteiger partial charge is 0.307 e. The van der Waals surface area contributed by atoms with E-state index >= 15 is 0 Å². The van der Waals surface area contributed by atoms with Crippen LogP contribution in [0.1, 0.15) is 128 Å². The Balaban J connectivity index is 1.05. The van der Waals surface area contributed by atoms with Crippen LogP contribution in [-0.2, 0) is 19.2 Å². The monoisotopic (exact) mass is 588 g/mol. The molecule has 8 heteroatoms. The van der Waals surface area contributed by atoms with Crippen LogP contribution in [0, 0.1) is 47.3 Å². The summed E-state index contributed by atoms with van der Waals surface area (Å²) < 4.78 is 0. The third kappa shape index (κ3) is 8.28. The molecule has 4 N–H and O–H groups in total. The molecule has 0 heterocycles. The fourth-order valence-electron chi connectivity index (χ4n) is 9.60. The first-order valence-corrected chi connectivity index (χ1v) is 17.5. The van der Waals surface area contributed by atoms with Crippen molar-refractivity contribution in [2.24, 2.45) is 47.3 Å². The molecule has 0 aliphatic heterocycles. The van der Waals surface area contributed by atoms with E-state index in [4.69, 9.17) is 4.84 Å². The predicted octanol–water partition coefficient (Wildman–Crippen LogP) is 6.33. The second kappa shape index (κ2) is 15.4. The van der Waals surface area contributed by atoms with E-state index in [0.29, 0.717) is 30.8 Å². The highest BCUT2D eigenvalue weighted by molar-refractivity contribution is 5.85. The van der Waals surface area contributed by atoms with Crippen LogP contribution in [0.5, 0.6) is 0 Å². The van der Waals surface area contributed by atoms with Gasteiger partial charge >= 0.3 is 11.9 Å². The molecule has 5 aliphatic rings. The van der Waals surface area contributed by atoms with E-state index in [1.54, 1.807) is 0 Å². The molecular formula is C34H56N2O6. The van der Waals surface area contributed by atoms with E-state index in [0.717, 1.165) is 63.7 Å². The molecule has 42 heavy (non-hydrogen) atoms. The zero-order chi connectivity index (χ0) is 29.5. The minimum absolute atomic E-state index is 0.0555. The fraction of sp³-hybridized carbons (Fsp3) is 0.912. The minimum Gasteiger partial charge on any atom is -0.481 e. The van der Waals surface area contributed by atoms with Gasteiger partial charge in [-0.3, -0.25) is 14.4 Å². The number of hydrogen-bond donors (Lipinski definition) is 4. The number of rotatable bonds is 10. The summed E-state index contributed by atoms with van der Waals surface area (Å²) in [7, 11) is 0. The molecule has 6 atom stereocenters. The summed E-state index contributed by atoms with van der Waals surface area (Å²) in [6.07, 6.45) is 21.3. The normalized spacial score (nSPS) is 37.1. The van der Waals surface area contributed by atoms with E-state index in [9.17, 15) is 24.6 Å². The quantitative estimate of drug-likeness (QED) is 0.220. The Bertz CT molecular complexity index is 892. The van der Waals surface area contributed by atoms with Crippen molar-refractivity contribution in [2.45, 2.75) is 141 Å². The van der Waals surface area contributed by atoms with Crippen LogP contribution < -0.4 is 10.8 Å². The third-order valence-electron chi connectivity index (χ3n) is 12.1. The molecule has 238 valence electrons. The molecule has 0 aromatic carbocycles. The zero-order valence-electron chi connectivity index (χ0n) is 25.7. The van der Waals surface area contributed by atoms with Gasteiger partial charge < -0.3 is 20.4 Å². The van der Waals surface area contributed by atoms with Gasteiger partial charge in [-0.05, 0) is 93.8 Å². The lowest BCUT2D eigenvalue weighted by molar-refractivity contribution is -0.150. The Labute approximate surface area is 252 Å². The number of amides is 1. The first kappa shape index (κ1) is 31.7. The lowest BCUT2D eigenvalue weighted by Gasteiger charge is -2.40. The van der Waals surface area contributed by atoms with Gasteiger partial charge in [-0.25, -0.2) is 0 Å². The Hall–Kier alpha value is -1.67. The maximum absolute atomic E-state index is 13.4. The second-order valence-electron chi connectivity index (χ2n) is 14.7. The van der Waals surface area contributed by atoms with E-state index in [2.05, 4.69) is 10.8 Å². The number of hydrogen-bond acceptors (Lipinski definition) is 5. The van der Waals surface area contributed by atoms with Crippen LogP contribution in [0.15, 0.2) is 0 Å². The van der Waals surface area contributed by atoms with Gasteiger partial charge in [0, 0.05) is 12.1 Å². The molecule has 6 unspecified atom stereocenters. The van der Waals surface area contributed by atoms with E-state index in [1.165, 1.54) is 64.2 Å². The maximum atomic E-state index is 13.4. The molecule has 5 fully saturated rings. The Kier molecular flexibility index (Phi) is 11.6. The first-order valence-electron chi connectivity index (χ1n) is 17.5. The molecule has 0 aromatic rings. The molecule has 0 aromatic heterocycles. The lowest BCUT2D eigenvalue weighted by Crippen LogP contribution is -2.48. The molecule has 8 nitrogen and oxygen atoms in total. The highest BCUT2D eigenvalue weighted by Gasteiger charge is 2.42. The van der Waals surface area contributed by atoms with Crippen LogP contribution in [0.4, 0.5) is 0 Å². The second-order valence-corrected chi connectivity index (χ2v) is 14.7. The van der Waals surface area contributed by atoms with Gasteiger partial charge in [-0.15, -0.1) is 0 Å². The van der Waals surface area contributed by atoms with Crippen molar-refractivity contribution in [1.29, 1.82) is 0 Å². The van der Waals surface area contributed by atoms with Gasteiger partial charge in [0.05, 0.1) is 24.4 Å². The molecule has 0 bridgehead atoms. The Morgan fingerprint density at radius 2 is 1.07 bits per heavy atom. The van der Waals surface area contributed by atoms with Gasteiger partial charge in [0.1, 0.15) is 0 Å². The van der Waals surface area contributed by atoms with Crippen LogP contribution in [-0.4, -0.2) is 46.7 Å². The van der Waals surface area contributed by atoms with E-state index in [-0.39, 0.29) is 29.8 Å². The summed E-state index contributed by atoms with van der Waals surface area (Å²) >= 11 is 0. The first-order chi connectivity index (χ1) is 20.4. The largest absolute Gasteiger partial charge is 0.481 e. The Morgan fingerprint density at radius 1 is 0.548 bits per heavy atom. The molecule has 0 radical (unpaired) electrons. The summed E-state index contributed by atoms with van der Waals surface area (Å²) in [4.78, 5) is 43.4. The highest BCUT2D eigenvalue weighted by atomic mass is 16.6. The van der Waals surface area contributed by atoms with E-state index in [1.807, 2.05) is 0 Å². The topological polar surface area (TPSA) is 125 Å². The molecule has 0 saturated heterocycles. The van der Waals surface area contributed by atoms with Gasteiger partial charge in [-0.2, -0.15) is 5.48 Å². The molecular weight excluding hydrogens is 532 g/mol. The van der Waals surface area contributed by atoms with E-state index < -0.39 is 23.8 Å². The van der Waals surface area contributed by atoms with Crippen LogP contribution in [0.25, 0.3) is 0 Å². The van der Waals surface area contributed by atoms with Crippen LogP contribution in [0.3, 0.4) is 0 Å². The number of nitrogens with one attached hydrogen (secondary N) is 2. The van der Waals surface area contributed by atoms with Crippen LogP contribution in [0.2, 0.25) is 0 Å². The number of carbonyl (C=O) groups excluding carboxylic acids is 1. The van der Waals surface area contributed by atoms with Crippen molar-refractivity contribution in [1.82, 2.24) is 10.8 Å². The maximum Gasteiger partial charge on any atom is 0.307 e. The van der Waals surface area contributed by atoms with Crippen molar-refractivity contribution in [2.75, 3.05) is 6.61 Å². The van der Waals surface area contributed by atoms with Crippen LogP contribution >= 0.6 is 0 Å². The molecule has 5 rings (SSSR count). The number of aliphatic carboxylic acids is 2. The lowest BCUT2D eigenvalue weighted by atomic mass is 9.66. The minimum atomic E-state index is -0.824. The summed E-state index contributed by atoms with van der Waals surface area (Å²) in [5, 5.41) is 22.9. The summed E-state index contributed by atoms with van der Waals surface area (Å²) in [6.45, 7) is 0.442. The summed E-state index contributed by atoms with van der Waals surface area (Å²) in [6, 6.07) is 0.266.